The van der Waals surface area contributed by atoms with E-state index in [0.29, 0.717) is 12.2 Å². The summed E-state index contributed by atoms with van der Waals surface area (Å²) >= 11 is 0. The minimum absolute atomic E-state index is 0.206. The summed E-state index contributed by atoms with van der Waals surface area (Å²) in [5.74, 6) is -0.206. The highest BCUT2D eigenvalue weighted by molar-refractivity contribution is 5.46. The van der Waals surface area contributed by atoms with Gasteiger partial charge in [0, 0.05) is 6.54 Å². The summed E-state index contributed by atoms with van der Waals surface area (Å²) in [6.07, 6.45) is 0.855. The molecule has 0 amide bonds. The number of rotatable bonds is 4. The predicted molar refractivity (Wildman–Crippen MR) is 53.3 cm³/mol. The van der Waals surface area contributed by atoms with E-state index in [0.717, 1.165) is 18.5 Å². The molecule has 0 aliphatic carbocycles. The van der Waals surface area contributed by atoms with Crippen molar-refractivity contribution >= 4 is 5.69 Å². The first kappa shape index (κ1) is 9.99. The fourth-order valence-corrected chi connectivity index (χ4v) is 1.10. The number of nitrogens with one attached hydrogen (secondary N) is 1. The second-order valence-corrected chi connectivity index (χ2v) is 3.05. The first-order valence-corrected chi connectivity index (χ1v) is 4.44. The van der Waals surface area contributed by atoms with Crippen LogP contribution < -0.4 is 11.1 Å². The lowest BCUT2D eigenvalue weighted by Gasteiger charge is -2.07. The molecule has 0 aliphatic rings. The van der Waals surface area contributed by atoms with Crippen molar-refractivity contribution in [1.82, 2.24) is 0 Å². The van der Waals surface area contributed by atoms with Gasteiger partial charge in [-0.2, -0.15) is 0 Å². The van der Waals surface area contributed by atoms with Crippen molar-refractivity contribution in [1.29, 1.82) is 0 Å². The van der Waals surface area contributed by atoms with E-state index in [1.165, 1.54) is 6.07 Å². The largest absolute Gasteiger partial charge is 0.383 e. The van der Waals surface area contributed by atoms with Gasteiger partial charge in [0.25, 0.3) is 0 Å². The molecular weight excluding hydrogens is 167 g/mol. The first-order chi connectivity index (χ1) is 6.24. The van der Waals surface area contributed by atoms with Gasteiger partial charge in [-0.05, 0) is 37.6 Å². The zero-order valence-electron chi connectivity index (χ0n) is 7.81. The lowest BCUT2D eigenvalue weighted by Crippen LogP contribution is -2.09. The van der Waals surface area contributed by atoms with Gasteiger partial charge in [-0.15, -0.1) is 0 Å². The maximum absolute atomic E-state index is 13.1. The minimum Gasteiger partial charge on any atom is -0.383 e. The van der Waals surface area contributed by atoms with Gasteiger partial charge < -0.3 is 11.1 Å². The molecule has 1 rings (SSSR count). The third-order valence-corrected chi connectivity index (χ3v) is 1.82. The predicted octanol–water partition coefficient (Wildman–Crippen LogP) is 1.89. The number of anilines is 1. The van der Waals surface area contributed by atoms with Gasteiger partial charge >= 0.3 is 0 Å². The van der Waals surface area contributed by atoms with E-state index in [1.54, 1.807) is 12.1 Å². The summed E-state index contributed by atoms with van der Waals surface area (Å²) in [5.41, 5.74) is 6.94. The van der Waals surface area contributed by atoms with Crippen LogP contribution in [-0.4, -0.2) is 13.1 Å². The zero-order valence-corrected chi connectivity index (χ0v) is 7.81. The number of aryl methyl sites for hydroxylation is 1. The molecule has 3 heteroatoms. The van der Waals surface area contributed by atoms with E-state index in [-0.39, 0.29) is 5.82 Å². The zero-order chi connectivity index (χ0) is 9.68. The van der Waals surface area contributed by atoms with Crippen LogP contribution in [0.15, 0.2) is 18.2 Å². The summed E-state index contributed by atoms with van der Waals surface area (Å²) in [5, 5.41) is 3.00. The molecule has 2 nitrogen and oxygen atoms in total. The van der Waals surface area contributed by atoms with E-state index in [4.69, 9.17) is 5.73 Å². The maximum Gasteiger partial charge on any atom is 0.146 e. The Morgan fingerprint density at radius 3 is 2.92 bits per heavy atom. The Morgan fingerprint density at radius 1 is 1.46 bits per heavy atom. The van der Waals surface area contributed by atoms with E-state index in [9.17, 15) is 4.39 Å². The second kappa shape index (κ2) is 4.82. The molecule has 0 aliphatic heterocycles. The Kier molecular flexibility index (Phi) is 3.71. The normalized spacial score (nSPS) is 10.1. The highest BCUT2D eigenvalue weighted by Crippen LogP contribution is 2.15. The fourth-order valence-electron chi connectivity index (χ4n) is 1.10. The summed E-state index contributed by atoms with van der Waals surface area (Å²) in [6, 6.07) is 5.02. The van der Waals surface area contributed by atoms with Crippen LogP contribution in [0.4, 0.5) is 10.1 Å². The molecule has 1 aromatic carbocycles. The van der Waals surface area contributed by atoms with Gasteiger partial charge in [0.2, 0.25) is 0 Å². The summed E-state index contributed by atoms with van der Waals surface area (Å²) in [7, 11) is 0. The molecule has 0 spiro atoms. The molecule has 0 atom stereocenters. The van der Waals surface area contributed by atoms with Gasteiger partial charge in [0.1, 0.15) is 5.82 Å². The van der Waals surface area contributed by atoms with E-state index >= 15 is 0 Å². The molecule has 0 radical (unpaired) electrons. The van der Waals surface area contributed by atoms with Gasteiger partial charge in [-0.3, -0.25) is 0 Å². The third kappa shape index (κ3) is 3.03. The lowest BCUT2D eigenvalue weighted by atomic mass is 10.2. The number of benzene rings is 1. The van der Waals surface area contributed by atoms with Crippen molar-refractivity contribution in [3.05, 3.63) is 29.6 Å². The van der Waals surface area contributed by atoms with Crippen LogP contribution in [0, 0.1) is 12.7 Å². The quantitative estimate of drug-likeness (QED) is 0.698. The minimum atomic E-state index is -0.206. The number of nitrogens with two attached hydrogens (primary N) is 1. The Hall–Kier alpha value is -1.09. The van der Waals surface area contributed by atoms with Crippen LogP contribution in [0.2, 0.25) is 0 Å². The molecule has 0 heterocycles. The third-order valence-electron chi connectivity index (χ3n) is 1.82. The van der Waals surface area contributed by atoms with Crippen LogP contribution in [-0.2, 0) is 0 Å². The highest BCUT2D eigenvalue weighted by atomic mass is 19.1. The van der Waals surface area contributed by atoms with Crippen LogP contribution in [0.5, 0.6) is 0 Å². The van der Waals surface area contributed by atoms with Crippen molar-refractivity contribution in [3.8, 4) is 0 Å². The molecule has 0 aromatic heterocycles. The first-order valence-electron chi connectivity index (χ1n) is 4.44. The van der Waals surface area contributed by atoms with Crippen molar-refractivity contribution in [2.45, 2.75) is 13.3 Å². The van der Waals surface area contributed by atoms with E-state index in [1.807, 2.05) is 6.92 Å². The van der Waals surface area contributed by atoms with Gasteiger partial charge in [0.05, 0.1) is 5.69 Å². The van der Waals surface area contributed by atoms with Crippen LogP contribution in [0.1, 0.15) is 12.0 Å². The Balaban J connectivity index is 2.59. The molecule has 0 bridgehead atoms. The van der Waals surface area contributed by atoms with Gasteiger partial charge in [-0.25, -0.2) is 4.39 Å². The monoisotopic (exact) mass is 182 g/mol. The fraction of sp³-hybridized carbons (Fsp3) is 0.400. The smallest absolute Gasteiger partial charge is 0.146 e. The topological polar surface area (TPSA) is 38.0 Å². The van der Waals surface area contributed by atoms with E-state index < -0.39 is 0 Å². The molecule has 13 heavy (non-hydrogen) atoms. The molecule has 0 saturated heterocycles. The highest BCUT2D eigenvalue weighted by Gasteiger charge is 1.99. The van der Waals surface area contributed by atoms with Crippen molar-refractivity contribution < 1.29 is 4.39 Å². The van der Waals surface area contributed by atoms with Gasteiger partial charge in [-0.1, -0.05) is 6.07 Å². The summed E-state index contributed by atoms with van der Waals surface area (Å²) < 4.78 is 13.1. The molecule has 0 fully saturated rings. The molecular formula is C10H15FN2. The molecule has 0 saturated carbocycles. The Bertz CT molecular complexity index is 274. The summed E-state index contributed by atoms with van der Waals surface area (Å²) in [4.78, 5) is 0. The standard InChI is InChI=1S/C10H15FN2/c1-8-3-4-9(11)10(7-8)13-6-2-5-12/h3-4,7,13H,2,5-6,12H2,1H3. The SMILES string of the molecule is Cc1ccc(F)c(NCCCN)c1. The molecule has 3 N–H and O–H groups in total. The van der Waals surface area contributed by atoms with Crippen LogP contribution in [0.25, 0.3) is 0 Å². The summed E-state index contributed by atoms with van der Waals surface area (Å²) in [6.45, 7) is 3.28. The molecule has 1 aromatic rings. The van der Waals surface area contributed by atoms with Crippen molar-refractivity contribution in [3.63, 3.8) is 0 Å². The van der Waals surface area contributed by atoms with Gasteiger partial charge in [0.15, 0.2) is 0 Å². The number of hydrogen-bond donors (Lipinski definition) is 2. The lowest BCUT2D eigenvalue weighted by molar-refractivity contribution is 0.629. The van der Waals surface area contributed by atoms with Crippen molar-refractivity contribution in [2.24, 2.45) is 5.73 Å². The van der Waals surface area contributed by atoms with Crippen LogP contribution >= 0.6 is 0 Å². The Morgan fingerprint density at radius 2 is 2.23 bits per heavy atom. The average molecular weight is 182 g/mol. The second-order valence-electron chi connectivity index (χ2n) is 3.05. The van der Waals surface area contributed by atoms with Crippen LogP contribution in [0.3, 0.4) is 0 Å². The number of halogens is 1. The molecule has 0 unspecified atom stereocenters. The van der Waals surface area contributed by atoms with E-state index in [2.05, 4.69) is 5.32 Å². The van der Waals surface area contributed by atoms with Crippen molar-refractivity contribution in [2.75, 3.05) is 18.4 Å². The number of hydrogen-bond acceptors (Lipinski definition) is 2. The average Bonchev–Trinajstić information content (AvgIpc) is 2.11. The molecule has 72 valence electrons. The Labute approximate surface area is 77.9 Å². The maximum atomic E-state index is 13.1.